The number of oxime groups is 1. The fraction of sp³-hybridized carbons (Fsp3) is 0.933. The molecule has 6 nitrogen and oxygen atoms in total. The quantitative estimate of drug-likeness (QED) is 0.288. The van der Waals surface area contributed by atoms with Crippen molar-refractivity contribution in [3.63, 3.8) is 0 Å². The molecule has 6 heteroatoms. The molecule has 4 saturated carbocycles. The Bertz CT molecular complexity index is 874. The molecule has 0 bridgehead atoms. The Hall–Kier alpha value is -1.14. The van der Waals surface area contributed by atoms with Gasteiger partial charge in [0, 0.05) is 25.6 Å². The van der Waals surface area contributed by atoms with Crippen molar-refractivity contribution in [3.05, 3.63) is 0 Å². The first-order chi connectivity index (χ1) is 17.0. The normalized spacial score (nSPS) is 46.0. The summed E-state index contributed by atoms with van der Waals surface area (Å²) < 4.78 is 0. The van der Waals surface area contributed by atoms with Crippen LogP contribution in [-0.4, -0.2) is 54.1 Å². The number of nitrogens with zero attached hydrogens (tertiary/aromatic N) is 2. The fourth-order valence-corrected chi connectivity index (χ4v) is 9.85. The van der Waals surface area contributed by atoms with Crippen LogP contribution in [-0.2, 0) is 4.84 Å². The number of hydrogen-bond acceptors (Lipinski definition) is 5. The summed E-state index contributed by atoms with van der Waals surface area (Å²) in [5.74, 6) is 3.45. The summed E-state index contributed by atoms with van der Waals surface area (Å²) >= 11 is 0. The van der Waals surface area contributed by atoms with Crippen molar-refractivity contribution in [1.29, 1.82) is 0 Å². The summed E-state index contributed by atoms with van der Waals surface area (Å²) in [6.45, 7) is 13.3. The Morgan fingerprint density at radius 1 is 1.00 bits per heavy atom. The molecule has 4 aliphatic carbocycles. The van der Waals surface area contributed by atoms with Gasteiger partial charge in [-0.05, 0) is 118 Å². The van der Waals surface area contributed by atoms with Crippen LogP contribution >= 0.6 is 0 Å². The summed E-state index contributed by atoms with van der Waals surface area (Å²) in [5, 5.41) is 18.3. The van der Waals surface area contributed by atoms with Crippen molar-refractivity contribution in [2.75, 3.05) is 20.1 Å². The summed E-state index contributed by atoms with van der Waals surface area (Å²) in [6.07, 6.45) is 11.5. The Morgan fingerprint density at radius 2 is 1.72 bits per heavy atom. The molecule has 1 heterocycles. The molecule has 5 rings (SSSR count). The number of carbonyl (C=O) groups is 1. The number of aliphatic hydroxyl groups is 1. The van der Waals surface area contributed by atoms with Crippen LogP contribution in [0.2, 0.25) is 0 Å². The molecule has 9 atom stereocenters. The minimum absolute atomic E-state index is 0.0779. The first-order valence-electron chi connectivity index (χ1n) is 14.8. The molecule has 0 aromatic rings. The molecule has 0 aromatic carbocycles. The maximum absolute atomic E-state index is 12.8. The van der Waals surface area contributed by atoms with Gasteiger partial charge in [0.2, 0.25) is 0 Å². The first-order valence-corrected chi connectivity index (χ1v) is 14.8. The minimum atomic E-state index is -0.354. The van der Waals surface area contributed by atoms with Crippen LogP contribution < -0.4 is 5.32 Å². The van der Waals surface area contributed by atoms with Crippen molar-refractivity contribution in [1.82, 2.24) is 10.2 Å². The molecule has 2 N–H and O–H groups in total. The summed E-state index contributed by atoms with van der Waals surface area (Å²) in [7, 11) is 1.82. The topological polar surface area (TPSA) is 74.2 Å². The predicted octanol–water partition coefficient (Wildman–Crippen LogP) is 5.84. The highest BCUT2D eigenvalue weighted by Crippen LogP contribution is 2.67. The van der Waals surface area contributed by atoms with Crippen LogP contribution in [0.3, 0.4) is 0 Å². The van der Waals surface area contributed by atoms with Crippen LogP contribution in [0.25, 0.3) is 0 Å². The van der Waals surface area contributed by atoms with Crippen LogP contribution in [0.15, 0.2) is 5.16 Å². The van der Waals surface area contributed by atoms with E-state index in [0.717, 1.165) is 55.7 Å². The Labute approximate surface area is 219 Å². The van der Waals surface area contributed by atoms with Gasteiger partial charge in [-0.25, -0.2) is 4.79 Å². The van der Waals surface area contributed by atoms with E-state index in [1.165, 1.54) is 38.5 Å². The molecular formula is C30H51N3O3. The largest absolute Gasteiger partial charge is 0.435 e. The average molecular weight is 502 g/mol. The van der Waals surface area contributed by atoms with Gasteiger partial charge in [0.15, 0.2) is 0 Å². The Morgan fingerprint density at radius 3 is 2.44 bits per heavy atom. The van der Waals surface area contributed by atoms with Gasteiger partial charge in [-0.2, -0.15) is 0 Å². The van der Waals surface area contributed by atoms with Crippen LogP contribution in [0, 0.1) is 45.8 Å². The second-order valence-corrected chi connectivity index (χ2v) is 14.5. The highest BCUT2D eigenvalue weighted by atomic mass is 16.7. The molecule has 36 heavy (non-hydrogen) atoms. The van der Waals surface area contributed by atoms with Crippen molar-refractivity contribution in [2.45, 2.75) is 111 Å². The van der Waals surface area contributed by atoms with Crippen LogP contribution in [0.4, 0.5) is 4.79 Å². The lowest BCUT2D eigenvalue weighted by atomic mass is 9.44. The van der Waals surface area contributed by atoms with E-state index < -0.39 is 0 Å². The second-order valence-electron chi connectivity index (χ2n) is 14.5. The maximum Gasteiger partial charge on any atom is 0.435 e. The molecule has 1 unspecified atom stereocenters. The van der Waals surface area contributed by atoms with Gasteiger partial charge in [0.05, 0.1) is 11.8 Å². The van der Waals surface area contributed by atoms with E-state index in [9.17, 15) is 9.90 Å². The summed E-state index contributed by atoms with van der Waals surface area (Å²) in [4.78, 5) is 19.9. The molecule has 5 aliphatic rings. The van der Waals surface area contributed by atoms with E-state index in [2.05, 4.69) is 45.1 Å². The molecule has 1 amide bonds. The van der Waals surface area contributed by atoms with Gasteiger partial charge in [-0.3, -0.25) is 4.84 Å². The third-order valence-electron chi connectivity index (χ3n) is 12.3. The lowest BCUT2D eigenvalue weighted by Gasteiger charge is -2.61. The number of aliphatic hydroxyl groups excluding tert-OH is 1. The number of carbonyl (C=O) groups excluding carboxylic acids is 1. The average Bonchev–Trinajstić information content (AvgIpc) is 3.35. The first kappa shape index (κ1) is 26.5. The van der Waals surface area contributed by atoms with Crippen LogP contribution in [0.1, 0.15) is 98.8 Å². The van der Waals surface area contributed by atoms with Gasteiger partial charge in [-0.15, -0.1) is 0 Å². The van der Waals surface area contributed by atoms with E-state index in [0.29, 0.717) is 23.8 Å². The number of nitrogens with one attached hydrogen (secondary N) is 1. The number of likely N-dealkylation sites (N-methyl/N-ethyl adjacent to an activating group) is 1. The van der Waals surface area contributed by atoms with Gasteiger partial charge in [0.1, 0.15) is 0 Å². The van der Waals surface area contributed by atoms with E-state index in [-0.39, 0.29) is 29.1 Å². The molecule has 1 saturated heterocycles. The molecule has 0 radical (unpaired) electrons. The number of fused-ring (bicyclic) bond motifs is 5. The molecule has 204 valence electrons. The van der Waals surface area contributed by atoms with Crippen LogP contribution in [0.5, 0.6) is 0 Å². The molecule has 1 aliphatic heterocycles. The lowest BCUT2D eigenvalue weighted by Crippen LogP contribution is -2.54. The second kappa shape index (κ2) is 9.55. The molecule has 0 aromatic heterocycles. The van der Waals surface area contributed by atoms with Crippen molar-refractivity contribution < 1.29 is 14.7 Å². The van der Waals surface area contributed by atoms with Gasteiger partial charge >= 0.3 is 6.09 Å². The van der Waals surface area contributed by atoms with Gasteiger partial charge in [0.25, 0.3) is 0 Å². The lowest BCUT2D eigenvalue weighted by molar-refractivity contribution is -0.123. The van der Waals surface area contributed by atoms with Gasteiger partial charge < -0.3 is 15.3 Å². The molecule has 5 fully saturated rings. The molecular weight excluding hydrogens is 450 g/mol. The minimum Gasteiger partial charge on any atom is -0.393 e. The summed E-state index contributed by atoms with van der Waals surface area (Å²) in [5.41, 5.74) is 1.85. The summed E-state index contributed by atoms with van der Waals surface area (Å²) in [6, 6.07) is 0.286. The number of amides is 1. The Balaban J connectivity index is 1.22. The zero-order valence-electron chi connectivity index (χ0n) is 23.7. The SMILES string of the molecule is C/C(=N\OC(=O)N(C)CC1NCCC1(C)C)[C@H]1CC[C@H]2[C@@H]3CC[C@H]4C[C@@H](O)CC[C@]4(C)[C@H]3CC[C@]12C. The van der Waals surface area contributed by atoms with Crippen molar-refractivity contribution >= 4 is 11.8 Å². The zero-order valence-corrected chi connectivity index (χ0v) is 23.7. The van der Waals surface area contributed by atoms with E-state index >= 15 is 0 Å². The van der Waals surface area contributed by atoms with Crippen molar-refractivity contribution in [3.8, 4) is 0 Å². The number of rotatable bonds is 4. The fourth-order valence-electron chi connectivity index (χ4n) is 9.85. The monoisotopic (exact) mass is 501 g/mol. The number of hydrogen-bond donors (Lipinski definition) is 2. The third-order valence-corrected chi connectivity index (χ3v) is 12.3. The van der Waals surface area contributed by atoms with E-state index in [1.807, 2.05) is 7.05 Å². The third kappa shape index (κ3) is 4.42. The highest BCUT2D eigenvalue weighted by molar-refractivity contribution is 5.85. The van der Waals surface area contributed by atoms with E-state index in [4.69, 9.17) is 4.84 Å². The standard InChI is InChI=1S/C30H51N3O3/c1-19(32-36-27(35)33(6)18-26-28(2,3)15-16-31-26)23-9-10-24-22-8-7-20-17-21(34)11-13-29(20,4)25(22)12-14-30(23,24)5/h20-26,31,34H,7-18H2,1-6H3/b32-19+/t20-,21-,22-,23+,24-,25-,26?,29-,30+/m0/s1. The van der Waals surface area contributed by atoms with Gasteiger partial charge in [-0.1, -0.05) is 32.9 Å². The molecule has 0 spiro atoms. The smallest absolute Gasteiger partial charge is 0.393 e. The van der Waals surface area contributed by atoms with E-state index in [1.54, 1.807) is 4.90 Å². The van der Waals surface area contributed by atoms with Crippen molar-refractivity contribution in [2.24, 2.45) is 51.0 Å². The maximum atomic E-state index is 12.8. The predicted molar refractivity (Wildman–Crippen MR) is 144 cm³/mol. The Kier molecular flexibility index (Phi) is 7.02. The zero-order chi connectivity index (χ0) is 25.9. The highest BCUT2D eigenvalue weighted by Gasteiger charge is 2.60.